The van der Waals surface area contributed by atoms with Crippen molar-refractivity contribution in [2.24, 2.45) is 10.8 Å². The summed E-state index contributed by atoms with van der Waals surface area (Å²) in [5.41, 5.74) is 2.54. The van der Waals surface area contributed by atoms with Gasteiger partial charge in [0.25, 0.3) is 0 Å². The lowest BCUT2D eigenvalue weighted by atomic mass is 9.73. The third-order valence-corrected chi connectivity index (χ3v) is 5.84. The van der Waals surface area contributed by atoms with Crippen LogP contribution in [0.4, 0.5) is 0 Å². The van der Waals surface area contributed by atoms with Gasteiger partial charge in [-0.05, 0) is 41.9 Å². The van der Waals surface area contributed by atoms with Gasteiger partial charge in [0.2, 0.25) is 11.8 Å². The molecular formula is C25H33N3O2. The lowest BCUT2D eigenvalue weighted by molar-refractivity contribution is -0.142. The van der Waals surface area contributed by atoms with E-state index in [1.54, 1.807) is 13.2 Å². The van der Waals surface area contributed by atoms with Gasteiger partial charge in [0.15, 0.2) is 0 Å². The first kappa shape index (κ1) is 22.0. The normalized spacial score (nSPS) is 19.4. The number of amides is 2. The van der Waals surface area contributed by atoms with Crippen LogP contribution in [0, 0.1) is 10.8 Å². The zero-order chi connectivity index (χ0) is 21.8. The maximum absolute atomic E-state index is 13.1. The maximum atomic E-state index is 13.1. The number of hydrogen-bond acceptors (Lipinski definition) is 3. The number of aromatic nitrogens is 1. The Balaban J connectivity index is 1.92. The highest BCUT2D eigenvalue weighted by molar-refractivity contribution is 5.85. The topological polar surface area (TPSA) is 62.3 Å². The SMILES string of the molecule is CNC(=O)[C@]1(Cc2ccccc2-c2cccnc2)CCCN(C(=O)CC(C)(C)C)C1. The summed E-state index contributed by atoms with van der Waals surface area (Å²) in [4.78, 5) is 32.2. The Bertz CT molecular complexity index is 889. The lowest BCUT2D eigenvalue weighted by Gasteiger charge is -2.42. The van der Waals surface area contributed by atoms with Crippen LogP contribution in [0.3, 0.4) is 0 Å². The van der Waals surface area contributed by atoms with Gasteiger partial charge in [-0.25, -0.2) is 0 Å². The summed E-state index contributed by atoms with van der Waals surface area (Å²) in [7, 11) is 1.69. The van der Waals surface area contributed by atoms with Crippen LogP contribution in [0.25, 0.3) is 11.1 Å². The Morgan fingerprint density at radius 3 is 2.60 bits per heavy atom. The molecule has 2 amide bonds. The van der Waals surface area contributed by atoms with Crippen LogP contribution in [0.15, 0.2) is 48.8 Å². The number of likely N-dealkylation sites (tertiary alicyclic amines) is 1. The summed E-state index contributed by atoms with van der Waals surface area (Å²) in [5.74, 6) is 0.146. The fourth-order valence-corrected chi connectivity index (χ4v) is 4.43. The number of pyridine rings is 1. The molecule has 1 saturated heterocycles. The molecule has 0 spiro atoms. The number of carbonyl (C=O) groups is 2. The van der Waals surface area contributed by atoms with E-state index in [0.717, 1.165) is 36.1 Å². The number of piperidine rings is 1. The minimum Gasteiger partial charge on any atom is -0.359 e. The fraction of sp³-hybridized carbons (Fsp3) is 0.480. The van der Waals surface area contributed by atoms with Crippen molar-refractivity contribution in [2.45, 2.75) is 46.5 Å². The Morgan fingerprint density at radius 2 is 1.93 bits per heavy atom. The van der Waals surface area contributed by atoms with E-state index < -0.39 is 5.41 Å². The summed E-state index contributed by atoms with van der Waals surface area (Å²) in [5, 5.41) is 2.87. The summed E-state index contributed by atoms with van der Waals surface area (Å²) in [6.45, 7) is 7.40. The number of benzene rings is 1. The van der Waals surface area contributed by atoms with Crippen molar-refractivity contribution in [1.82, 2.24) is 15.2 Å². The highest BCUT2D eigenvalue weighted by atomic mass is 16.2. The molecule has 1 aliphatic heterocycles. The molecule has 2 aromatic rings. The first-order valence-electron chi connectivity index (χ1n) is 10.7. The molecule has 0 saturated carbocycles. The van der Waals surface area contributed by atoms with Crippen LogP contribution >= 0.6 is 0 Å². The molecule has 0 radical (unpaired) electrons. The quantitative estimate of drug-likeness (QED) is 0.812. The van der Waals surface area contributed by atoms with Crippen LogP contribution in [0.1, 0.15) is 45.6 Å². The summed E-state index contributed by atoms with van der Waals surface area (Å²) in [6, 6.07) is 12.2. The van der Waals surface area contributed by atoms with Gasteiger partial charge in [-0.1, -0.05) is 51.1 Å². The monoisotopic (exact) mass is 407 g/mol. The van der Waals surface area contributed by atoms with Crippen molar-refractivity contribution in [3.63, 3.8) is 0 Å². The van der Waals surface area contributed by atoms with Gasteiger partial charge in [0, 0.05) is 44.5 Å². The predicted molar refractivity (Wildman–Crippen MR) is 120 cm³/mol. The van der Waals surface area contributed by atoms with Crippen molar-refractivity contribution >= 4 is 11.8 Å². The van der Waals surface area contributed by atoms with Gasteiger partial charge >= 0.3 is 0 Å². The maximum Gasteiger partial charge on any atom is 0.228 e. The molecule has 3 rings (SSSR count). The summed E-state index contributed by atoms with van der Waals surface area (Å²) in [6.07, 6.45) is 6.30. The van der Waals surface area contributed by atoms with Crippen LogP contribution in [0.5, 0.6) is 0 Å². The largest absolute Gasteiger partial charge is 0.359 e. The van der Waals surface area contributed by atoms with Gasteiger partial charge in [-0.15, -0.1) is 0 Å². The van der Waals surface area contributed by atoms with Gasteiger partial charge in [0.1, 0.15) is 0 Å². The number of carbonyl (C=O) groups excluding carboxylic acids is 2. The molecule has 1 aromatic carbocycles. The molecule has 0 unspecified atom stereocenters. The molecule has 1 aromatic heterocycles. The second kappa shape index (κ2) is 8.99. The van der Waals surface area contributed by atoms with Crippen LogP contribution in [0.2, 0.25) is 0 Å². The molecule has 2 heterocycles. The first-order chi connectivity index (χ1) is 14.2. The van der Waals surface area contributed by atoms with E-state index in [9.17, 15) is 9.59 Å². The molecule has 1 N–H and O–H groups in total. The van der Waals surface area contributed by atoms with E-state index in [4.69, 9.17) is 0 Å². The van der Waals surface area contributed by atoms with Crippen molar-refractivity contribution in [2.75, 3.05) is 20.1 Å². The van der Waals surface area contributed by atoms with Crippen molar-refractivity contribution < 1.29 is 9.59 Å². The molecular weight excluding hydrogens is 374 g/mol. The molecule has 1 aliphatic rings. The van der Waals surface area contributed by atoms with E-state index in [1.807, 2.05) is 35.4 Å². The average molecular weight is 408 g/mol. The highest BCUT2D eigenvalue weighted by Crippen LogP contribution is 2.37. The smallest absolute Gasteiger partial charge is 0.228 e. The van der Waals surface area contributed by atoms with E-state index in [-0.39, 0.29) is 17.2 Å². The Kier molecular flexibility index (Phi) is 6.59. The van der Waals surface area contributed by atoms with E-state index >= 15 is 0 Å². The minimum atomic E-state index is -0.626. The molecule has 1 fully saturated rings. The first-order valence-corrected chi connectivity index (χ1v) is 10.7. The zero-order valence-corrected chi connectivity index (χ0v) is 18.6. The van der Waals surface area contributed by atoms with Crippen LogP contribution in [-0.2, 0) is 16.0 Å². The van der Waals surface area contributed by atoms with Gasteiger partial charge in [-0.3, -0.25) is 14.6 Å². The number of rotatable bonds is 5. The van der Waals surface area contributed by atoms with Crippen LogP contribution in [-0.4, -0.2) is 41.8 Å². The molecule has 5 nitrogen and oxygen atoms in total. The number of nitrogens with zero attached hydrogens (tertiary/aromatic N) is 2. The molecule has 1 atom stereocenters. The highest BCUT2D eigenvalue weighted by Gasteiger charge is 2.43. The predicted octanol–water partition coefficient (Wildman–Crippen LogP) is 4.08. The molecule has 5 heteroatoms. The van der Waals surface area contributed by atoms with Crippen molar-refractivity contribution in [3.05, 3.63) is 54.4 Å². The number of nitrogens with one attached hydrogen (secondary N) is 1. The molecule has 0 bridgehead atoms. The zero-order valence-electron chi connectivity index (χ0n) is 18.6. The molecule has 30 heavy (non-hydrogen) atoms. The standard InChI is InChI=1S/C25H33N3O2/c1-24(2,3)16-22(29)28-14-8-12-25(18-28,23(30)26-4)15-19-9-5-6-11-21(19)20-10-7-13-27-17-20/h5-7,9-11,13,17H,8,12,14-16,18H2,1-4H3,(H,26,30)/t25-/m0/s1. The number of hydrogen-bond donors (Lipinski definition) is 1. The molecule has 160 valence electrons. The Labute approximate surface area is 179 Å². The molecule has 0 aliphatic carbocycles. The summed E-state index contributed by atoms with van der Waals surface area (Å²) < 4.78 is 0. The van der Waals surface area contributed by atoms with E-state index in [0.29, 0.717) is 19.4 Å². The van der Waals surface area contributed by atoms with Crippen LogP contribution < -0.4 is 5.32 Å². The lowest BCUT2D eigenvalue weighted by Crippen LogP contribution is -2.54. The van der Waals surface area contributed by atoms with Crippen molar-refractivity contribution in [3.8, 4) is 11.1 Å². The van der Waals surface area contributed by atoms with E-state index in [2.05, 4.69) is 43.2 Å². The fourth-order valence-electron chi connectivity index (χ4n) is 4.43. The van der Waals surface area contributed by atoms with Crippen molar-refractivity contribution in [1.29, 1.82) is 0 Å². The average Bonchev–Trinajstić information content (AvgIpc) is 2.73. The second-order valence-electron chi connectivity index (χ2n) is 9.59. The third kappa shape index (κ3) is 5.07. The summed E-state index contributed by atoms with van der Waals surface area (Å²) >= 11 is 0. The van der Waals surface area contributed by atoms with E-state index in [1.165, 1.54) is 0 Å². The van der Waals surface area contributed by atoms with Gasteiger partial charge in [0.05, 0.1) is 5.41 Å². The third-order valence-electron chi connectivity index (χ3n) is 5.84. The minimum absolute atomic E-state index is 0.0109. The second-order valence-corrected chi connectivity index (χ2v) is 9.59. The Hall–Kier alpha value is -2.69. The van der Waals surface area contributed by atoms with Gasteiger partial charge < -0.3 is 10.2 Å². The van der Waals surface area contributed by atoms with Gasteiger partial charge in [-0.2, -0.15) is 0 Å². The Morgan fingerprint density at radius 1 is 1.17 bits per heavy atom.